The van der Waals surface area contributed by atoms with Crippen LogP contribution in [0.1, 0.15) is 25.0 Å². The molecule has 0 N–H and O–H groups in total. The second kappa shape index (κ2) is 12.0. The fraction of sp³-hybridized carbons (Fsp3) is 0.0600. The summed E-state index contributed by atoms with van der Waals surface area (Å²) in [6.07, 6.45) is 2.25. The summed E-state index contributed by atoms with van der Waals surface area (Å²) in [6, 6.07) is 60.1. The first kappa shape index (κ1) is 31.4. The standard InChI is InChI=1S/C50H35N5/c1-50(2)40-24-10-12-26-43(40)54-28-27-39-45-38-23-9-11-25-42(38)55(44(45)31-41(50)46(39)54)37-22-14-20-35(30-37)34-19-13-21-36(29-34)49-52-47(32-15-5-3-6-16-32)51-48(53-49)33-17-7-4-8-18-33/h3-31H,1-2H3. The summed E-state index contributed by atoms with van der Waals surface area (Å²) >= 11 is 0. The van der Waals surface area contributed by atoms with E-state index in [1.807, 2.05) is 60.7 Å². The number of hydrogen-bond acceptors (Lipinski definition) is 3. The van der Waals surface area contributed by atoms with E-state index in [0.29, 0.717) is 17.5 Å². The fourth-order valence-corrected chi connectivity index (χ4v) is 8.71. The van der Waals surface area contributed by atoms with E-state index in [0.717, 1.165) is 33.5 Å². The van der Waals surface area contributed by atoms with Gasteiger partial charge in [-0.25, -0.2) is 15.0 Å². The summed E-state index contributed by atoms with van der Waals surface area (Å²) in [5.41, 5.74) is 13.7. The topological polar surface area (TPSA) is 48.5 Å². The van der Waals surface area contributed by atoms with E-state index in [9.17, 15) is 0 Å². The van der Waals surface area contributed by atoms with Crippen LogP contribution in [0.4, 0.5) is 0 Å². The molecular weight excluding hydrogens is 671 g/mol. The molecule has 0 atom stereocenters. The highest BCUT2D eigenvalue weighted by atomic mass is 15.0. The largest absolute Gasteiger partial charge is 0.316 e. The summed E-state index contributed by atoms with van der Waals surface area (Å²) < 4.78 is 4.84. The number of rotatable bonds is 5. The Balaban J connectivity index is 1.08. The highest BCUT2D eigenvalue weighted by Gasteiger charge is 2.35. The first-order chi connectivity index (χ1) is 27.0. The van der Waals surface area contributed by atoms with Gasteiger partial charge in [-0.15, -0.1) is 0 Å². The van der Waals surface area contributed by atoms with Crippen molar-refractivity contribution in [2.24, 2.45) is 0 Å². The van der Waals surface area contributed by atoms with Gasteiger partial charge < -0.3 is 9.13 Å². The molecule has 0 spiro atoms. The molecule has 0 fully saturated rings. The van der Waals surface area contributed by atoms with Gasteiger partial charge in [-0.2, -0.15) is 0 Å². The molecule has 0 aliphatic carbocycles. The maximum absolute atomic E-state index is 5.01. The van der Waals surface area contributed by atoms with Gasteiger partial charge in [0.2, 0.25) is 0 Å². The Labute approximate surface area is 318 Å². The lowest BCUT2D eigenvalue weighted by Crippen LogP contribution is -2.26. The molecule has 0 saturated heterocycles. The van der Waals surface area contributed by atoms with E-state index >= 15 is 0 Å². The van der Waals surface area contributed by atoms with Crippen LogP contribution in [0.2, 0.25) is 0 Å². The molecule has 0 bridgehead atoms. The van der Waals surface area contributed by atoms with Crippen LogP contribution < -0.4 is 0 Å². The second-order valence-corrected chi connectivity index (χ2v) is 14.9. The Bertz CT molecular complexity index is 3060. The lowest BCUT2D eigenvalue weighted by atomic mass is 9.74. The van der Waals surface area contributed by atoms with Gasteiger partial charge in [-0.3, -0.25) is 0 Å². The highest BCUT2D eigenvalue weighted by molar-refractivity contribution is 6.22. The molecule has 0 saturated carbocycles. The predicted molar refractivity (Wildman–Crippen MR) is 225 cm³/mol. The number of nitrogens with zero attached hydrogens (tertiary/aromatic N) is 5. The SMILES string of the molecule is CC1(C)c2ccccc2-n2ccc3c4c5ccccc5n(-c5cccc(-c6cccc(-c7nc(-c8ccccc8)nc(-c8ccccc8)n7)c6)c5)c4cc1c32. The Hall–Kier alpha value is -7.11. The Morgan fingerprint density at radius 1 is 0.436 bits per heavy atom. The Morgan fingerprint density at radius 2 is 1.02 bits per heavy atom. The van der Waals surface area contributed by atoms with Crippen LogP contribution in [0.15, 0.2) is 176 Å². The molecule has 10 aromatic rings. The number of para-hydroxylation sites is 2. The monoisotopic (exact) mass is 705 g/mol. The Kier molecular flexibility index (Phi) is 6.83. The van der Waals surface area contributed by atoms with Gasteiger partial charge in [-0.05, 0) is 64.7 Å². The molecule has 5 heteroatoms. The van der Waals surface area contributed by atoms with Crippen molar-refractivity contribution < 1.29 is 0 Å². The zero-order valence-corrected chi connectivity index (χ0v) is 30.5. The zero-order valence-electron chi connectivity index (χ0n) is 30.5. The van der Waals surface area contributed by atoms with E-state index in [2.05, 4.69) is 138 Å². The molecule has 0 unspecified atom stereocenters. The van der Waals surface area contributed by atoms with Gasteiger partial charge in [0.1, 0.15) is 0 Å². The number of hydrogen-bond donors (Lipinski definition) is 0. The number of benzene rings is 7. The first-order valence-corrected chi connectivity index (χ1v) is 18.8. The van der Waals surface area contributed by atoms with Gasteiger partial charge in [0.05, 0.1) is 16.6 Å². The zero-order chi connectivity index (χ0) is 36.7. The minimum absolute atomic E-state index is 0.170. The quantitative estimate of drug-likeness (QED) is 0.179. The fourth-order valence-electron chi connectivity index (χ4n) is 8.71. The molecule has 55 heavy (non-hydrogen) atoms. The predicted octanol–water partition coefficient (Wildman–Crippen LogP) is 12.2. The number of aromatic nitrogens is 5. The van der Waals surface area contributed by atoms with Crippen molar-refractivity contribution in [1.82, 2.24) is 24.1 Å². The third-order valence-electron chi connectivity index (χ3n) is 11.4. The van der Waals surface area contributed by atoms with Gasteiger partial charge in [-0.1, -0.05) is 141 Å². The van der Waals surface area contributed by atoms with Gasteiger partial charge in [0.15, 0.2) is 17.5 Å². The summed E-state index contributed by atoms with van der Waals surface area (Å²) in [4.78, 5) is 14.9. The van der Waals surface area contributed by atoms with E-state index in [-0.39, 0.29) is 5.41 Å². The first-order valence-electron chi connectivity index (χ1n) is 18.8. The van der Waals surface area contributed by atoms with Crippen LogP contribution >= 0.6 is 0 Å². The summed E-state index contributed by atoms with van der Waals surface area (Å²) in [6.45, 7) is 4.73. The molecule has 7 aromatic carbocycles. The Morgan fingerprint density at radius 3 is 1.76 bits per heavy atom. The lowest BCUT2D eigenvalue weighted by molar-refractivity contribution is 0.629. The molecule has 3 aromatic heterocycles. The van der Waals surface area contributed by atoms with Gasteiger partial charge in [0.25, 0.3) is 0 Å². The molecule has 5 nitrogen and oxygen atoms in total. The van der Waals surface area contributed by atoms with Crippen molar-refractivity contribution in [3.63, 3.8) is 0 Å². The molecule has 260 valence electrons. The number of fused-ring (bicyclic) bond motifs is 6. The molecule has 0 radical (unpaired) electrons. The van der Waals surface area contributed by atoms with Crippen molar-refractivity contribution in [1.29, 1.82) is 0 Å². The van der Waals surface area contributed by atoms with Crippen LogP contribution in [0.3, 0.4) is 0 Å². The van der Waals surface area contributed by atoms with E-state index in [1.54, 1.807) is 0 Å². The summed E-state index contributed by atoms with van der Waals surface area (Å²) in [5.74, 6) is 1.94. The highest BCUT2D eigenvalue weighted by Crippen LogP contribution is 2.48. The maximum atomic E-state index is 5.01. The summed E-state index contributed by atoms with van der Waals surface area (Å²) in [5, 5.41) is 3.83. The third kappa shape index (κ3) is 4.83. The molecule has 0 amide bonds. The minimum Gasteiger partial charge on any atom is -0.316 e. The van der Waals surface area contributed by atoms with E-state index in [4.69, 9.17) is 15.0 Å². The average Bonchev–Trinajstić information content (AvgIpc) is 3.83. The van der Waals surface area contributed by atoms with Crippen molar-refractivity contribution in [2.45, 2.75) is 19.3 Å². The van der Waals surface area contributed by atoms with Crippen molar-refractivity contribution in [2.75, 3.05) is 0 Å². The summed E-state index contributed by atoms with van der Waals surface area (Å²) in [7, 11) is 0. The van der Waals surface area contributed by atoms with E-state index < -0.39 is 0 Å². The maximum Gasteiger partial charge on any atom is 0.164 e. The molecular formula is C50H35N5. The lowest BCUT2D eigenvalue weighted by Gasteiger charge is -2.34. The molecule has 11 rings (SSSR count). The molecule has 1 aliphatic rings. The van der Waals surface area contributed by atoms with Crippen LogP contribution in [-0.2, 0) is 5.41 Å². The van der Waals surface area contributed by atoms with Crippen LogP contribution in [0, 0.1) is 0 Å². The smallest absolute Gasteiger partial charge is 0.164 e. The van der Waals surface area contributed by atoms with E-state index in [1.165, 1.54) is 49.5 Å². The van der Waals surface area contributed by atoms with Gasteiger partial charge in [0, 0.05) is 55.8 Å². The van der Waals surface area contributed by atoms with Crippen LogP contribution in [0.5, 0.6) is 0 Å². The average molecular weight is 706 g/mol. The second-order valence-electron chi connectivity index (χ2n) is 14.9. The van der Waals surface area contributed by atoms with Crippen molar-refractivity contribution >= 4 is 32.7 Å². The van der Waals surface area contributed by atoms with Gasteiger partial charge >= 0.3 is 0 Å². The van der Waals surface area contributed by atoms with Crippen molar-refractivity contribution in [3.05, 3.63) is 187 Å². The third-order valence-corrected chi connectivity index (χ3v) is 11.4. The molecule has 1 aliphatic heterocycles. The molecule has 4 heterocycles. The van der Waals surface area contributed by atoms with Crippen LogP contribution in [-0.4, -0.2) is 24.1 Å². The minimum atomic E-state index is -0.170. The van der Waals surface area contributed by atoms with Crippen LogP contribution in [0.25, 0.3) is 89.4 Å². The normalized spacial score (nSPS) is 13.1. The van der Waals surface area contributed by atoms with Crippen molar-refractivity contribution in [3.8, 4) is 56.7 Å².